The molecular formula is C9H17F3N2O. The fourth-order valence-electron chi connectivity index (χ4n) is 1.68. The number of hydrogen-bond acceptors (Lipinski definition) is 3. The molecule has 0 aromatic rings. The molecule has 1 heterocycles. The van der Waals surface area contributed by atoms with E-state index in [1.54, 1.807) is 4.90 Å². The van der Waals surface area contributed by atoms with E-state index < -0.39 is 12.3 Å². The Morgan fingerprint density at radius 2 is 2.13 bits per heavy atom. The van der Waals surface area contributed by atoms with Gasteiger partial charge in [-0.15, -0.1) is 0 Å². The van der Waals surface area contributed by atoms with Crippen LogP contribution in [0.3, 0.4) is 0 Å². The lowest BCUT2D eigenvalue weighted by Crippen LogP contribution is -2.51. The van der Waals surface area contributed by atoms with Crippen molar-refractivity contribution in [3.63, 3.8) is 0 Å². The largest absolute Gasteiger partial charge is 0.415 e. The minimum absolute atomic E-state index is 0.0980. The molecule has 0 radical (unpaired) electrons. The Balaban J connectivity index is 2.40. The molecule has 15 heavy (non-hydrogen) atoms. The summed E-state index contributed by atoms with van der Waals surface area (Å²) < 4.78 is 36.2. The molecule has 0 aromatic heterocycles. The Labute approximate surface area is 87.0 Å². The van der Waals surface area contributed by atoms with Gasteiger partial charge in [-0.1, -0.05) is 6.92 Å². The Morgan fingerprint density at radius 3 is 2.60 bits per heavy atom. The smallest absolute Gasteiger partial charge is 0.382 e. The maximum atomic E-state index is 12.1. The first-order valence-corrected chi connectivity index (χ1v) is 5.03. The molecule has 3 N–H and O–H groups in total. The van der Waals surface area contributed by atoms with Gasteiger partial charge in [-0.05, 0) is 18.9 Å². The lowest BCUT2D eigenvalue weighted by molar-refractivity contribution is -0.209. The Hall–Kier alpha value is -0.330. The zero-order chi connectivity index (χ0) is 11.6. The third kappa shape index (κ3) is 3.62. The van der Waals surface area contributed by atoms with Gasteiger partial charge in [-0.3, -0.25) is 4.90 Å². The predicted molar refractivity (Wildman–Crippen MR) is 50.3 cm³/mol. The van der Waals surface area contributed by atoms with Crippen molar-refractivity contribution in [1.29, 1.82) is 0 Å². The maximum absolute atomic E-state index is 12.1. The molecule has 0 bridgehead atoms. The molecule has 0 saturated carbocycles. The third-order valence-electron chi connectivity index (χ3n) is 2.91. The average molecular weight is 226 g/mol. The van der Waals surface area contributed by atoms with E-state index >= 15 is 0 Å². The molecule has 0 aromatic carbocycles. The number of piperidine rings is 1. The highest BCUT2D eigenvalue weighted by Crippen LogP contribution is 2.22. The Kier molecular flexibility index (Phi) is 3.97. The summed E-state index contributed by atoms with van der Waals surface area (Å²) in [6, 6.07) is -0.0980. The predicted octanol–water partition coefficient (Wildman–Crippen LogP) is 0.579. The summed E-state index contributed by atoms with van der Waals surface area (Å²) in [5.41, 5.74) is 5.75. The van der Waals surface area contributed by atoms with Crippen LogP contribution in [-0.2, 0) is 0 Å². The third-order valence-corrected chi connectivity index (χ3v) is 2.91. The quantitative estimate of drug-likeness (QED) is 0.724. The van der Waals surface area contributed by atoms with Crippen molar-refractivity contribution in [2.45, 2.75) is 31.7 Å². The number of β-amino-alcohol motifs (C(OH)–C–C–N with tert-alkyl or cyclic N) is 1. The number of nitrogens with zero attached hydrogens (tertiary/aromatic N) is 1. The molecule has 1 saturated heterocycles. The van der Waals surface area contributed by atoms with Crippen molar-refractivity contribution in [3.8, 4) is 0 Å². The van der Waals surface area contributed by atoms with Crippen molar-refractivity contribution in [2.75, 3.05) is 19.6 Å². The summed E-state index contributed by atoms with van der Waals surface area (Å²) in [5, 5.41) is 8.88. The second kappa shape index (κ2) is 4.67. The van der Waals surface area contributed by atoms with Crippen molar-refractivity contribution in [1.82, 2.24) is 4.90 Å². The molecular weight excluding hydrogens is 209 g/mol. The normalized spacial score (nSPS) is 31.6. The van der Waals surface area contributed by atoms with Crippen LogP contribution >= 0.6 is 0 Å². The van der Waals surface area contributed by atoms with Crippen LogP contribution in [0.5, 0.6) is 0 Å². The summed E-state index contributed by atoms with van der Waals surface area (Å²) in [6.45, 7) is 2.61. The molecule has 90 valence electrons. The SMILES string of the molecule is CC1CCN(CC(O)C(F)(F)F)CC1N. The summed E-state index contributed by atoms with van der Waals surface area (Å²) in [4.78, 5) is 1.57. The zero-order valence-electron chi connectivity index (χ0n) is 8.67. The molecule has 3 nitrogen and oxygen atoms in total. The van der Waals surface area contributed by atoms with E-state index in [0.29, 0.717) is 19.0 Å². The van der Waals surface area contributed by atoms with Gasteiger partial charge in [0.15, 0.2) is 6.10 Å². The number of alkyl halides is 3. The topological polar surface area (TPSA) is 49.5 Å². The molecule has 0 spiro atoms. The maximum Gasteiger partial charge on any atom is 0.415 e. The highest BCUT2D eigenvalue weighted by Gasteiger charge is 2.39. The number of hydrogen-bond donors (Lipinski definition) is 2. The summed E-state index contributed by atoms with van der Waals surface area (Å²) in [6.07, 6.45) is -6.02. The highest BCUT2D eigenvalue weighted by atomic mass is 19.4. The van der Waals surface area contributed by atoms with Gasteiger partial charge in [-0.25, -0.2) is 0 Å². The van der Waals surface area contributed by atoms with Gasteiger partial charge in [0.2, 0.25) is 0 Å². The first-order chi connectivity index (χ1) is 6.80. The van der Waals surface area contributed by atoms with Crippen LogP contribution in [0, 0.1) is 5.92 Å². The van der Waals surface area contributed by atoms with Gasteiger partial charge >= 0.3 is 6.18 Å². The second-order valence-corrected chi connectivity index (χ2v) is 4.25. The highest BCUT2D eigenvalue weighted by molar-refractivity contribution is 4.82. The van der Waals surface area contributed by atoms with E-state index in [2.05, 4.69) is 0 Å². The van der Waals surface area contributed by atoms with E-state index in [1.165, 1.54) is 0 Å². The van der Waals surface area contributed by atoms with Crippen LogP contribution in [0.2, 0.25) is 0 Å². The fourth-order valence-corrected chi connectivity index (χ4v) is 1.68. The van der Waals surface area contributed by atoms with Crippen LogP contribution in [0.25, 0.3) is 0 Å². The van der Waals surface area contributed by atoms with Crippen molar-refractivity contribution >= 4 is 0 Å². The molecule has 3 unspecified atom stereocenters. The zero-order valence-corrected chi connectivity index (χ0v) is 8.67. The standard InChI is InChI=1S/C9H17F3N2O/c1-6-2-3-14(4-7(6)13)5-8(15)9(10,11)12/h6-8,15H,2-5,13H2,1H3. The van der Waals surface area contributed by atoms with Crippen LogP contribution < -0.4 is 5.73 Å². The van der Waals surface area contributed by atoms with E-state index in [-0.39, 0.29) is 12.6 Å². The van der Waals surface area contributed by atoms with Gasteiger partial charge < -0.3 is 10.8 Å². The molecule has 1 aliphatic heterocycles. The number of aliphatic hydroxyl groups excluding tert-OH is 1. The van der Waals surface area contributed by atoms with Crippen molar-refractivity contribution in [3.05, 3.63) is 0 Å². The Bertz CT molecular complexity index is 210. The van der Waals surface area contributed by atoms with E-state index in [0.717, 1.165) is 6.42 Å². The summed E-state index contributed by atoms with van der Waals surface area (Å²) in [7, 11) is 0. The molecule has 1 aliphatic rings. The van der Waals surface area contributed by atoms with Crippen molar-refractivity contribution < 1.29 is 18.3 Å². The number of halogens is 3. The van der Waals surface area contributed by atoms with Crippen LogP contribution in [0.1, 0.15) is 13.3 Å². The number of nitrogens with two attached hydrogens (primary N) is 1. The van der Waals surface area contributed by atoms with Gasteiger partial charge in [0.1, 0.15) is 0 Å². The van der Waals surface area contributed by atoms with Crippen molar-refractivity contribution in [2.24, 2.45) is 11.7 Å². The minimum Gasteiger partial charge on any atom is -0.382 e. The van der Waals surface area contributed by atoms with Gasteiger partial charge in [0.05, 0.1) is 0 Å². The van der Waals surface area contributed by atoms with Crippen LogP contribution in [0.15, 0.2) is 0 Å². The fraction of sp³-hybridized carbons (Fsp3) is 1.00. The van der Waals surface area contributed by atoms with Crippen LogP contribution in [-0.4, -0.2) is 48.0 Å². The van der Waals surface area contributed by atoms with Crippen LogP contribution in [0.4, 0.5) is 13.2 Å². The summed E-state index contributed by atoms with van der Waals surface area (Å²) in [5.74, 6) is 0.337. The monoisotopic (exact) mass is 226 g/mol. The van der Waals surface area contributed by atoms with E-state index in [4.69, 9.17) is 10.8 Å². The second-order valence-electron chi connectivity index (χ2n) is 4.25. The average Bonchev–Trinajstić information content (AvgIpc) is 2.10. The van der Waals surface area contributed by atoms with E-state index in [1.807, 2.05) is 6.92 Å². The number of rotatable bonds is 2. The first-order valence-electron chi connectivity index (χ1n) is 5.03. The molecule has 6 heteroatoms. The number of aliphatic hydroxyl groups is 1. The molecule has 3 atom stereocenters. The minimum atomic E-state index is -4.53. The van der Waals surface area contributed by atoms with E-state index in [9.17, 15) is 13.2 Å². The van der Waals surface area contributed by atoms with Gasteiger partial charge in [0, 0.05) is 19.1 Å². The molecule has 1 fully saturated rings. The molecule has 0 amide bonds. The first kappa shape index (κ1) is 12.7. The summed E-state index contributed by atoms with van der Waals surface area (Å²) >= 11 is 0. The van der Waals surface area contributed by atoms with Gasteiger partial charge in [0.25, 0.3) is 0 Å². The number of likely N-dealkylation sites (tertiary alicyclic amines) is 1. The molecule has 1 rings (SSSR count). The molecule has 0 aliphatic carbocycles. The lowest BCUT2D eigenvalue weighted by Gasteiger charge is -2.36. The lowest BCUT2D eigenvalue weighted by atomic mass is 9.94. The Morgan fingerprint density at radius 1 is 1.53 bits per heavy atom. The van der Waals surface area contributed by atoms with Gasteiger partial charge in [-0.2, -0.15) is 13.2 Å².